The lowest BCUT2D eigenvalue weighted by molar-refractivity contribution is -0.144. The van der Waals surface area contributed by atoms with Crippen molar-refractivity contribution in [3.63, 3.8) is 0 Å². The van der Waals surface area contributed by atoms with Crippen LogP contribution in [-0.2, 0) is 57.5 Å². The number of carbonyl (C=O) groups is 12. The van der Waals surface area contributed by atoms with E-state index in [0.29, 0.717) is 19.3 Å². The first-order valence-electron chi connectivity index (χ1n) is 21.7. The van der Waals surface area contributed by atoms with Crippen molar-refractivity contribution in [1.82, 2.24) is 41.7 Å². The van der Waals surface area contributed by atoms with E-state index in [4.69, 9.17) is 17.2 Å². The third-order valence-corrected chi connectivity index (χ3v) is 11.6. The molecule has 2 heterocycles. The second kappa shape index (κ2) is 26.5. The van der Waals surface area contributed by atoms with Gasteiger partial charge in [0.1, 0.15) is 42.3 Å². The van der Waals surface area contributed by atoms with Gasteiger partial charge in [-0.05, 0) is 43.9 Å². The highest BCUT2D eigenvalue weighted by Crippen LogP contribution is 2.22. The highest BCUT2D eigenvalue weighted by molar-refractivity contribution is 6.00. The van der Waals surface area contributed by atoms with Crippen LogP contribution in [-0.4, -0.2) is 171 Å². The fraction of sp³-hybridized carbons (Fsp3) is 0.700. The van der Waals surface area contributed by atoms with Gasteiger partial charge in [0, 0.05) is 19.5 Å². The first kappa shape index (κ1) is 55.7. The fourth-order valence-corrected chi connectivity index (χ4v) is 7.32. The molecular formula is C40H65N11O15. The molecule has 10 amide bonds. The molecule has 0 unspecified atom stereocenters. The van der Waals surface area contributed by atoms with Gasteiger partial charge in [-0.25, -0.2) is 4.79 Å². The summed E-state index contributed by atoms with van der Waals surface area (Å²) in [4.78, 5) is 156. The van der Waals surface area contributed by atoms with Crippen molar-refractivity contribution in [2.24, 2.45) is 29.0 Å². The average molecular weight is 940 g/mol. The summed E-state index contributed by atoms with van der Waals surface area (Å²) < 4.78 is 0. The number of nitrogens with two attached hydrogens (primary N) is 3. The molecule has 0 aromatic heterocycles. The van der Waals surface area contributed by atoms with Gasteiger partial charge >= 0.3 is 11.9 Å². The van der Waals surface area contributed by atoms with Gasteiger partial charge in [-0.1, -0.05) is 40.5 Å². The molecule has 26 nitrogen and oxygen atoms in total. The molecule has 0 bridgehead atoms. The molecule has 0 spiro atoms. The number of hydrogen-bond acceptors (Lipinski definition) is 14. The standard InChI is InChI=1S/C40H65N11O15/c1-5-19(3)31(43)39(64)51-14-8-10-26(51)37(62)45-21(11-12-30(56)57)33(58)46-22(15-27(41)53)34(59)47-23(16-28(42)54)35(60)48-24(18-52)38(63)50-13-7-9-25(50)36(61)44-17-29(55)49-32(40(65)66)20(4)6-2/h19-26,31-32,52H,5-18,43H2,1-4H3,(H2,41,53)(H2,42,54)(H,44,61)(H,45,62)(H,46,58)(H,47,59)(H,48,60)(H,49,55)(H,56,57)(H,65,66)/t19-,20-,21-,22-,23-,24-,25-,26-,31-,32-/m0/s1. The molecule has 15 N–H and O–H groups in total. The number of carbonyl (C=O) groups excluding carboxylic acids is 10. The van der Waals surface area contributed by atoms with Crippen molar-refractivity contribution < 1.29 is 72.9 Å². The molecule has 2 fully saturated rings. The zero-order chi connectivity index (χ0) is 50.0. The van der Waals surface area contributed by atoms with Gasteiger partial charge in [0.15, 0.2) is 0 Å². The molecule has 2 aliphatic heterocycles. The lowest BCUT2D eigenvalue weighted by Crippen LogP contribution is -2.61. The number of hydrogen-bond donors (Lipinski definition) is 12. The summed E-state index contributed by atoms with van der Waals surface area (Å²) in [5, 5.41) is 42.6. The van der Waals surface area contributed by atoms with Gasteiger partial charge in [-0.2, -0.15) is 0 Å². The lowest BCUT2D eigenvalue weighted by atomic mass is 9.98. The Kier molecular flexibility index (Phi) is 22.4. The van der Waals surface area contributed by atoms with Crippen LogP contribution in [0.4, 0.5) is 0 Å². The van der Waals surface area contributed by atoms with Crippen LogP contribution < -0.4 is 49.1 Å². The Labute approximate surface area is 380 Å². The first-order valence-corrected chi connectivity index (χ1v) is 21.7. The lowest BCUT2D eigenvalue weighted by Gasteiger charge is -2.30. The summed E-state index contributed by atoms with van der Waals surface area (Å²) in [6, 6.07) is -11.6. The second-order valence-electron chi connectivity index (χ2n) is 16.5. The Bertz CT molecular complexity index is 1830. The third kappa shape index (κ3) is 16.5. The van der Waals surface area contributed by atoms with Crippen LogP contribution in [0, 0.1) is 11.8 Å². The number of rotatable bonds is 27. The van der Waals surface area contributed by atoms with E-state index in [1.807, 2.05) is 6.92 Å². The minimum absolute atomic E-state index is 0.0299. The number of nitrogens with zero attached hydrogens (tertiary/aromatic N) is 2. The Morgan fingerprint density at radius 2 is 1.11 bits per heavy atom. The third-order valence-electron chi connectivity index (χ3n) is 11.6. The summed E-state index contributed by atoms with van der Waals surface area (Å²) in [7, 11) is 0. The molecular weight excluding hydrogens is 875 g/mol. The smallest absolute Gasteiger partial charge is 0.326 e. The van der Waals surface area contributed by atoms with Crippen LogP contribution in [0.5, 0.6) is 0 Å². The molecule has 26 heteroatoms. The maximum atomic E-state index is 13.6. The van der Waals surface area contributed by atoms with Crippen LogP contribution in [0.25, 0.3) is 0 Å². The molecule has 2 saturated heterocycles. The summed E-state index contributed by atoms with van der Waals surface area (Å²) in [5.74, 6) is -13.2. The number of aliphatic carboxylic acids is 2. The topological polar surface area (TPSA) is 422 Å². The largest absolute Gasteiger partial charge is 0.481 e. The molecule has 2 aliphatic rings. The van der Waals surface area contributed by atoms with E-state index in [1.165, 1.54) is 4.90 Å². The van der Waals surface area contributed by atoms with E-state index >= 15 is 0 Å². The van der Waals surface area contributed by atoms with Crippen molar-refractivity contribution >= 4 is 71.0 Å². The van der Waals surface area contributed by atoms with E-state index in [0.717, 1.165) is 4.90 Å². The summed E-state index contributed by atoms with van der Waals surface area (Å²) in [5.41, 5.74) is 16.8. The average Bonchev–Trinajstić information content (AvgIpc) is 3.97. The van der Waals surface area contributed by atoms with Crippen LogP contribution in [0.3, 0.4) is 0 Å². The molecule has 0 aromatic carbocycles. The number of primary amides is 2. The van der Waals surface area contributed by atoms with E-state index in [-0.39, 0.29) is 38.3 Å². The summed E-state index contributed by atoms with van der Waals surface area (Å²) in [6.07, 6.45) is -0.984. The van der Waals surface area contributed by atoms with E-state index in [2.05, 4.69) is 31.9 Å². The zero-order valence-electron chi connectivity index (χ0n) is 37.5. The second-order valence-corrected chi connectivity index (χ2v) is 16.5. The van der Waals surface area contributed by atoms with Crippen LogP contribution in [0.1, 0.15) is 91.9 Å². The van der Waals surface area contributed by atoms with Crippen molar-refractivity contribution in [1.29, 1.82) is 0 Å². The van der Waals surface area contributed by atoms with Gasteiger partial charge < -0.3 is 74.2 Å². The maximum absolute atomic E-state index is 13.6. The van der Waals surface area contributed by atoms with Crippen molar-refractivity contribution in [2.45, 2.75) is 140 Å². The maximum Gasteiger partial charge on any atom is 0.326 e. The Morgan fingerprint density at radius 1 is 0.636 bits per heavy atom. The minimum atomic E-state index is -1.92. The Hall–Kier alpha value is -6.44. The molecule has 2 rings (SSSR count). The van der Waals surface area contributed by atoms with Gasteiger partial charge in [0.05, 0.1) is 32.0 Å². The number of carboxylic acids is 2. The van der Waals surface area contributed by atoms with Crippen molar-refractivity contribution in [2.75, 3.05) is 26.2 Å². The van der Waals surface area contributed by atoms with Crippen molar-refractivity contribution in [3.05, 3.63) is 0 Å². The summed E-state index contributed by atoms with van der Waals surface area (Å²) in [6.45, 7) is 5.45. The van der Waals surface area contributed by atoms with Gasteiger partial charge in [-0.3, -0.25) is 52.7 Å². The monoisotopic (exact) mass is 939 g/mol. The number of carboxylic acid groups (broad SMARTS) is 2. The van der Waals surface area contributed by atoms with Crippen LogP contribution in [0.2, 0.25) is 0 Å². The predicted molar refractivity (Wildman–Crippen MR) is 228 cm³/mol. The van der Waals surface area contributed by atoms with E-state index in [9.17, 15) is 72.9 Å². The SMILES string of the molecule is CC[C@H](C)[C@H](N)C(=O)N1CCC[C@H]1C(=O)N[C@@H](CCC(=O)O)C(=O)N[C@@H](CC(N)=O)C(=O)N[C@@H](CC(N)=O)C(=O)N[C@@H](CO)C(=O)N1CCC[C@H]1C(=O)NCC(=O)N[C@H](C(=O)O)[C@@H](C)CC. The predicted octanol–water partition coefficient (Wildman–Crippen LogP) is -5.38. The number of aliphatic hydroxyl groups excluding tert-OH is 1. The number of amides is 10. The number of aliphatic hydroxyl groups is 1. The molecule has 0 aromatic rings. The normalized spacial score (nSPS) is 19.3. The van der Waals surface area contributed by atoms with Gasteiger partial charge in [-0.15, -0.1) is 0 Å². The van der Waals surface area contributed by atoms with E-state index < -0.39 is 164 Å². The summed E-state index contributed by atoms with van der Waals surface area (Å²) >= 11 is 0. The highest BCUT2D eigenvalue weighted by Gasteiger charge is 2.41. The Morgan fingerprint density at radius 3 is 1.56 bits per heavy atom. The molecule has 66 heavy (non-hydrogen) atoms. The molecule has 10 atom stereocenters. The first-order chi connectivity index (χ1) is 31.0. The van der Waals surface area contributed by atoms with Gasteiger partial charge in [0.25, 0.3) is 0 Å². The zero-order valence-corrected chi connectivity index (χ0v) is 37.5. The number of likely N-dealkylation sites (tertiary alicyclic amines) is 2. The molecule has 0 radical (unpaired) electrons. The van der Waals surface area contributed by atoms with Crippen LogP contribution in [0.15, 0.2) is 0 Å². The van der Waals surface area contributed by atoms with Crippen LogP contribution >= 0.6 is 0 Å². The number of nitrogens with one attached hydrogen (secondary N) is 6. The van der Waals surface area contributed by atoms with Crippen molar-refractivity contribution in [3.8, 4) is 0 Å². The van der Waals surface area contributed by atoms with E-state index in [1.54, 1.807) is 20.8 Å². The molecule has 370 valence electrons. The quantitative estimate of drug-likeness (QED) is 0.0366. The Balaban J connectivity index is 2.23. The fourth-order valence-electron chi connectivity index (χ4n) is 7.32. The minimum Gasteiger partial charge on any atom is -0.481 e. The molecule has 0 saturated carbocycles. The highest BCUT2D eigenvalue weighted by atomic mass is 16.4. The molecule has 0 aliphatic carbocycles. The van der Waals surface area contributed by atoms with Gasteiger partial charge in [0.2, 0.25) is 59.1 Å².